The zero-order valence-corrected chi connectivity index (χ0v) is 16.3. The number of nitrogens with two attached hydrogens (primary N) is 1. The van der Waals surface area contributed by atoms with Gasteiger partial charge in [0, 0.05) is 30.8 Å². The van der Waals surface area contributed by atoms with Crippen LogP contribution in [0.15, 0.2) is 54.7 Å². The highest BCUT2D eigenvalue weighted by Crippen LogP contribution is 2.31. The van der Waals surface area contributed by atoms with Gasteiger partial charge in [0.05, 0.1) is 11.7 Å². The number of carbonyl (C=O) groups excluding carboxylic acids is 1. The molecule has 1 aliphatic heterocycles. The molecule has 6 heteroatoms. The third kappa shape index (κ3) is 4.72. The lowest BCUT2D eigenvalue weighted by molar-refractivity contribution is 0.0999. The second-order valence-electron chi connectivity index (χ2n) is 7.22. The molecule has 1 fully saturated rings. The van der Waals surface area contributed by atoms with Gasteiger partial charge in [0.1, 0.15) is 5.75 Å². The lowest BCUT2D eigenvalue weighted by atomic mass is 10.0. The van der Waals surface area contributed by atoms with Gasteiger partial charge in [-0.25, -0.2) is 4.98 Å². The molecule has 1 unspecified atom stereocenters. The molecule has 2 aromatic carbocycles. The van der Waals surface area contributed by atoms with E-state index in [1.54, 1.807) is 12.1 Å². The second kappa shape index (κ2) is 9.03. The third-order valence-electron chi connectivity index (χ3n) is 5.19. The fraction of sp³-hybridized carbons (Fsp3) is 0.304. The first-order valence-corrected chi connectivity index (χ1v) is 9.97. The largest absolute Gasteiger partial charge is 0.438 e. The molecule has 0 spiro atoms. The molecule has 150 valence electrons. The lowest BCUT2D eigenvalue weighted by Gasteiger charge is -2.14. The molecule has 1 aliphatic rings. The van der Waals surface area contributed by atoms with Crippen LogP contribution in [-0.2, 0) is 11.3 Å². The predicted molar refractivity (Wildman–Crippen MR) is 112 cm³/mol. The summed E-state index contributed by atoms with van der Waals surface area (Å²) in [6.07, 6.45) is 5.23. The first-order chi connectivity index (χ1) is 14.2. The Bertz CT molecular complexity index is 982. The normalized spacial score (nSPS) is 16.2. The summed E-state index contributed by atoms with van der Waals surface area (Å²) < 4.78 is 11.7. The van der Waals surface area contributed by atoms with E-state index in [1.165, 1.54) is 24.6 Å². The average Bonchev–Trinajstić information content (AvgIpc) is 3.26. The predicted octanol–water partition coefficient (Wildman–Crippen LogP) is 3.78. The van der Waals surface area contributed by atoms with Crippen LogP contribution < -0.4 is 15.8 Å². The van der Waals surface area contributed by atoms with Gasteiger partial charge >= 0.3 is 0 Å². The maximum atomic E-state index is 11.2. The number of benzene rings is 2. The summed E-state index contributed by atoms with van der Waals surface area (Å²) in [4.78, 5) is 15.4. The molecule has 6 nitrogen and oxygen atoms in total. The van der Waals surface area contributed by atoms with E-state index < -0.39 is 5.91 Å². The summed E-state index contributed by atoms with van der Waals surface area (Å²) in [5, 5.41) is 5.69. The molecule has 3 N–H and O–H groups in total. The van der Waals surface area contributed by atoms with E-state index in [0.29, 0.717) is 17.5 Å². The van der Waals surface area contributed by atoms with Crippen molar-refractivity contribution in [1.29, 1.82) is 0 Å². The number of rotatable bonds is 8. The summed E-state index contributed by atoms with van der Waals surface area (Å²) in [7, 11) is 0. The number of hydrogen-bond donors (Lipinski definition) is 2. The first kappa shape index (κ1) is 19.4. The van der Waals surface area contributed by atoms with E-state index in [9.17, 15) is 4.79 Å². The van der Waals surface area contributed by atoms with Crippen LogP contribution >= 0.6 is 0 Å². The van der Waals surface area contributed by atoms with Crippen LogP contribution in [0.5, 0.6) is 11.6 Å². The van der Waals surface area contributed by atoms with E-state index >= 15 is 0 Å². The van der Waals surface area contributed by atoms with E-state index in [0.717, 1.165) is 42.6 Å². The summed E-state index contributed by atoms with van der Waals surface area (Å²) in [6.45, 7) is 2.63. The molecule has 1 atom stereocenters. The fourth-order valence-corrected chi connectivity index (χ4v) is 3.63. The molecule has 3 aromatic rings. The quantitative estimate of drug-likeness (QED) is 0.571. The Hall–Kier alpha value is -2.96. The van der Waals surface area contributed by atoms with Gasteiger partial charge in [-0.2, -0.15) is 0 Å². The number of nitrogens with one attached hydrogen (secondary N) is 1. The van der Waals surface area contributed by atoms with Crippen LogP contribution in [0.1, 0.15) is 35.2 Å². The molecular weight excluding hydrogens is 366 g/mol. The molecule has 0 bridgehead atoms. The molecule has 1 saturated heterocycles. The summed E-state index contributed by atoms with van der Waals surface area (Å²) in [6, 6.07) is 15.5. The van der Waals surface area contributed by atoms with Crippen LogP contribution in [0.2, 0.25) is 0 Å². The van der Waals surface area contributed by atoms with Gasteiger partial charge in [-0.05, 0) is 48.9 Å². The average molecular weight is 391 g/mol. The summed E-state index contributed by atoms with van der Waals surface area (Å²) >= 11 is 0. The number of amides is 1. The highest BCUT2D eigenvalue weighted by atomic mass is 16.5. The monoisotopic (exact) mass is 391 g/mol. The van der Waals surface area contributed by atoms with Crippen molar-refractivity contribution in [3.63, 3.8) is 0 Å². The Kier molecular flexibility index (Phi) is 6.03. The highest BCUT2D eigenvalue weighted by molar-refractivity contribution is 5.92. The summed E-state index contributed by atoms with van der Waals surface area (Å²) in [5.74, 6) is 0.636. The van der Waals surface area contributed by atoms with Crippen molar-refractivity contribution < 1.29 is 14.3 Å². The van der Waals surface area contributed by atoms with Crippen LogP contribution in [0.25, 0.3) is 10.8 Å². The van der Waals surface area contributed by atoms with Gasteiger partial charge in [-0.15, -0.1) is 0 Å². The van der Waals surface area contributed by atoms with Gasteiger partial charge in [-0.1, -0.05) is 30.3 Å². The van der Waals surface area contributed by atoms with Crippen molar-refractivity contribution in [3.05, 3.63) is 65.9 Å². The third-order valence-corrected chi connectivity index (χ3v) is 5.19. The van der Waals surface area contributed by atoms with Crippen molar-refractivity contribution >= 4 is 16.7 Å². The number of pyridine rings is 1. The van der Waals surface area contributed by atoms with Gasteiger partial charge in [0.15, 0.2) is 0 Å². The zero-order chi connectivity index (χ0) is 20.1. The van der Waals surface area contributed by atoms with Crippen LogP contribution in [0.4, 0.5) is 0 Å². The van der Waals surface area contributed by atoms with Crippen LogP contribution in [0, 0.1) is 0 Å². The van der Waals surface area contributed by atoms with E-state index in [4.69, 9.17) is 15.2 Å². The van der Waals surface area contributed by atoms with Crippen LogP contribution in [0.3, 0.4) is 0 Å². The van der Waals surface area contributed by atoms with E-state index in [1.807, 2.05) is 24.3 Å². The minimum Gasteiger partial charge on any atom is -0.438 e. The van der Waals surface area contributed by atoms with Crippen molar-refractivity contribution in [1.82, 2.24) is 10.3 Å². The maximum Gasteiger partial charge on any atom is 0.250 e. The molecule has 4 rings (SSSR count). The molecule has 0 aliphatic carbocycles. The number of carbonyl (C=O) groups is 1. The Balaban J connectivity index is 1.46. The van der Waals surface area contributed by atoms with Crippen LogP contribution in [-0.4, -0.2) is 30.1 Å². The smallest absolute Gasteiger partial charge is 0.250 e. The van der Waals surface area contributed by atoms with Crippen molar-refractivity contribution in [3.8, 4) is 11.6 Å². The molecule has 0 radical (unpaired) electrons. The Morgan fingerprint density at radius 2 is 2.03 bits per heavy atom. The number of hydrogen-bond acceptors (Lipinski definition) is 5. The lowest BCUT2D eigenvalue weighted by Crippen LogP contribution is -2.20. The first-order valence-electron chi connectivity index (χ1n) is 9.97. The molecule has 1 aromatic heterocycles. The summed E-state index contributed by atoms with van der Waals surface area (Å²) in [5.41, 5.74) is 6.83. The maximum absolute atomic E-state index is 11.2. The number of nitrogens with zero attached hydrogens (tertiary/aromatic N) is 1. The molecule has 0 saturated carbocycles. The van der Waals surface area contributed by atoms with Crippen molar-refractivity contribution in [2.24, 2.45) is 5.73 Å². The van der Waals surface area contributed by atoms with Crippen molar-refractivity contribution in [2.45, 2.75) is 31.9 Å². The molecular formula is C23H25N3O3. The standard InChI is InChI=1S/C23H25N3O3/c24-23(27)17-8-10-22(26-15-17)29-21-9-7-16(19-5-1-2-6-20(19)21)14-25-12-11-18-4-3-13-28-18/h1-2,5-10,15,18,25H,3-4,11-14H2,(H2,24,27). The zero-order valence-electron chi connectivity index (χ0n) is 16.3. The fourth-order valence-electron chi connectivity index (χ4n) is 3.63. The van der Waals surface area contributed by atoms with E-state index in [2.05, 4.69) is 22.4 Å². The molecule has 29 heavy (non-hydrogen) atoms. The Morgan fingerprint density at radius 3 is 2.76 bits per heavy atom. The molecule has 2 heterocycles. The minimum atomic E-state index is -0.508. The Labute approximate surface area is 170 Å². The molecule has 1 amide bonds. The Morgan fingerprint density at radius 1 is 1.17 bits per heavy atom. The van der Waals surface area contributed by atoms with Gasteiger partial charge in [0.25, 0.3) is 0 Å². The van der Waals surface area contributed by atoms with Gasteiger partial charge < -0.3 is 20.5 Å². The number of fused-ring (bicyclic) bond motifs is 1. The SMILES string of the molecule is NC(=O)c1ccc(Oc2ccc(CNCCC3CCCO3)c3ccccc23)nc1. The topological polar surface area (TPSA) is 86.5 Å². The number of aromatic nitrogens is 1. The van der Waals surface area contributed by atoms with Crippen molar-refractivity contribution in [2.75, 3.05) is 13.2 Å². The number of primary amides is 1. The minimum absolute atomic E-state index is 0.353. The highest BCUT2D eigenvalue weighted by Gasteiger charge is 2.14. The van der Waals surface area contributed by atoms with Gasteiger partial charge in [0.2, 0.25) is 11.8 Å². The van der Waals surface area contributed by atoms with Gasteiger partial charge in [-0.3, -0.25) is 4.79 Å². The van der Waals surface area contributed by atoms with E-state index in [-0.39, 0.29) is 0 Å². The second-order valence-corrected chi connectivity index (χ2v) is 7.22. The number of ether oxygens (including phenoxy) is 2.